The van der Waals surface area contributed by atoms with Crippen molar-refractivity contribution in [3.8, 4) is 0 Å². The van der Waals surface area contributed by atoms with Crippen LogP contribution in [0.4, 0.5) is 0 Å². The number of hydrogen-bond acceptors (Lipinski definition) is 2. The highest BCUT2D eigenvalue weighted by atomic mass is 127. The molecule has 0 aliphatic heterocycles. The number of rotatable bonds is 4. The second kappa shape index (κ2) is 5.83. The summed E-state index contributed by atoms with van der Waals surface area (Å²) in [5, 5.41) is 11.3. The molecule has 0 aliphatic rings. The van der Waals surface area contributed by atoms with Crippen molar-refractivity contribution >= 4 is 34.5 Å². The Morgan fingerprint density at radius 2 is 1.94 bits per heavy atom. The fourth-order valence-electron chi connectivity index (χ4n) is 1.30. The predicted octanol–water partition coefficient (Wildman–Crippen LogP) is 1.42. The van der Waals surface area contributed by atoms with E-state index in [1.807, 2.05) is 24.3 Å². The highest BCUT2D eigenvalue weighted by molar-refractivity contribution is 14.1. The topological polar surface area (TPSA) is 66.4 Å². The van der Waals surface area contributed by atoms with Gasteiger partial charge in [0.15, 0.2) is 0 Å². The molecular formula is C11H12INO3. The second-order valence-corrected chi connectivity index (χ2v) is 4.67. The Bertz CT molecular complexity index is 389. The predicted molar refractivity (Wildman–Crippen MR) is 68.1 cm³/mol. The minimum Gasteiger partial charge on any atom is -0.480 e. The van der Waals surface area contributed by atoms with Gasteiger partial charge >= 0.3 is 5.97 Å². The summed E-state index contributed by atoms with van der Waals surface area (Å²) in [5.74, 6) is -1.35. The van der Waals surface area contributed by atoms with Crippen LogP contribution < -0.4 is 5.32 Å². The third kappa shape index (κ3) is 4.18. The summed E-state index contributed by atoms with van der Waals surface area (Å²) in [6.45, 7) is 1.31. The molecule has 1 rings (SSSR count). The minimum atomic E-state index is -1.02. The number of carbonyl (C=O) groups is 2. The molecule has 0 radical (unpaired) electrons. The molecule has 0 spiro atoms. The largest absolute Gasteiger partial charge is 0.480 e. The van der Waals surface area contributed by atoms with Crippen LogP contribution in [0.2, 0.25) is 0 Å². The number of carbonyl (C=O) groups excluding carboxylic acids is 1. The quantitative estimate of drug-likeness (QED) is 0.819. The molecule has 4 nitrogen and oxygen atoms in total. The molecule has 86 valence electrons. The lowest BCUT2D eigenvalue weighted by molar-refractivity contribution is -0.141. The first-order valence-corrected chi connectivity index (χ1v) is 5.81. The van der Waals surface area contributed by atoms with Crippen molar-refractivity contribution in [1.29, 1.82) is 0 Å². The molecule has 2 N–H and O–H groups in total. The molecule has 0 heterocycles. The van der Waals surface area contributed by atoms with Crippen LogP contribution >= 0.6 is 22.6 Å². The lowest BCUT2D eigenvalue weighted by Crippen LogP contribution is -2.41. The van der Waals surface area contributed by atoms with Crippen molar-refractivity contribution in [3.05, 3.63) is 33.4 Å². The standard InChI is InChI=1S/C11H12INO3/c1-7(14)13-10(11(15)16)6-8-2-4-9(12)5-3-8/h2-5,10H,6H2,1H3,(H,13,14)(H,15,16)/t10-/m1/s1. The van der Waals surface area contributed by atoms with Gasteiger partial charge in [-0.15, -0.1) is 0 Å². The third-order valence-electron chi connectivity index (χ3n) is 2.03. The summed E-state index contributed by atoms with van der Waals surface area (Å²) in [5.41, 5.74) is 0.890. The van der Waals surface area contributed by atoms with Gasteiger partial charge in [-0.05, 0) is 40.3 Å². The fourth-order valence-corrected chi connectivity index (χ4v) is 1.66. The second-order valence-electron chi connectivity index (χ2n) is 3.42. The molecule has 0 unspecified atom stereocenters. The Hall–Kier alpha value is -1.11. The lowest BCUT2D eigenvalue weighted by atomic mass is 10.1. The number of hydrogen-bond donors (Lipinski definition) is 2. The summed E-state index contributed by atoms with van der Waals surface area (Å²) in [6.07, 6.45) is 0.297. The maximum absolute atomic E-state index is 10.9. The van der Waals surface area contributed by atoms with Gasteiger partial charge in [0, 0.05) is 16.9 Å². The molecule has 1 atom stereocenters. The number of benzene rings is 1. The van der Waals surface area contributed by atoms with E-state index in [4.69, 9.17) is 5.11 Å². The average Bonchev–Trinajstić information content (AvgIpc) is 2.19. The van der Waals surface area contributed by atoms with E-state index in [0.717, 1.165) is 9.13 Å². The van der Waals surface area contributed by atoms with Crippen molar-refractivity contribution in [2.75, 3.05) is 0 Å². The Balaban J connectivity index is 2.71. The first-order valence-electron chi connectivity index (χ1n) is 4.73. The number of amides is 1. The van der Waals surface area contributed by atoms with Crippen molar-refractivity contribution in [3.63, 3.8) is 0 Å². The van der Waals surface area contributed by atoms with Gasteiger partial charge in [0.25, 0.3) is 0 Å². The van der Waals surface area contributed by atoms with E-state index in [2.05, 4.69) is 27.9 Å². The Labute approximate surface area is 107 Å². The summed E-state index contributed by atoms with van der Waals surface area (Å²) in [7, 11) is 0. The minimum absolute atomic E-state index is 0.297. The monoisotopic (exact) mass is 333 g/mol. The molecule has 5 heteroatoms. The Morgan fingerprint density at radius 3 is 2.38 bits per heavy atom. The Kier molecular flexibility index (Phi) is 4.72. The van der Waals surface area contributed by atoms with Gasteiger partial charge < -0.3 is 10.4 Å². The zero-order valence-corrected chi connectivity index (χ0v) is 10.9. The van der Waals surface area contributed by atoms with Gasteiger partial charge in [-0.1, -0.05) is 12.1 Å². The van der Waals surface area contributed by atoms with Gasteiger partial charge in [-0.3, -0.25) is 4.79 Å². The molecule has 0 saturated heterocycles. The third-order valence-corrected chi connectivity index (χ3v) is 2.75. The van der Waals surface area contributed by atoms with E-state index in [1.54, 1.807) is 0 Å². The number of carboxylic acid groups (broad SMARTS) is 1. The summed E-state index contributed by atoms with van der Waals surface area (Å²) in [6, 6.07) is 6.67. The first-order chi connectivity index (χ1) is 7.49. The zero-order chi connectivity index (χ0) is 12.1. The summed E-state index contributed by atoms with van der Waals surface area (Å²) < 4.78 is 1.09. The SMILES string of the molecule is CC(=O)N[C@H](Cc1ccc(I)cc1)C(=O)O. The molecule has 1 aromatic carbocycles. The molecule has 0 aromatic heterocycles. The van der Waals surface area contributed by atoms with E-state index in [1.165, 1.54) is 6.92 Å². The van der Waals surface area contributed by atoms with Crippen molar-refractivity contribution in [2.24, 2.45) is 0 Å². The van der Waals surface area contributed by atoms with Crippen LogP contribution in [0.1, 0.15) is 12.5 Å². The summed E-state index contributed by atoms with van der Waals surface area (Å²) in [4.78, 5) is 21.7. The Morgan fingerprint density at radius 1 is 1.38 bits per heavy atom. The van der Waals surface area contributed by atoms with E-state index in [9.17, 15) is 9.59 Å². The maximum Gasteiger partial charge on any atom is 0.326 e. The number of aliphatic carboxylic acids is 1. The van der Waals surface area contributed by atoms with Crippen LogP contribution in [0.5, 0.6) is 0 Å². The van der Waals surface area contributed by atoms with Crippen molar-refractivity contribution in [1.82, 2.24) is 5.32 Å². The molecule has 0 saturated carbocycles. The highest BCUT2D eigenvalue weighted by Crippen LogP contribution is 2.09. The van der Waals surface area contributed by atoms with Crippen molar-refractivity contribution < 1.29 is 14.7 Å². The van der Waals surface area contributed by atoms with E-state index < -0.39 is 12.0 Å². The van der Waals surface area contributed by atoms with Gasteiger partial charge in [0.1, 0.15) is 6.04 Å². The average molecular weight is 333 g/mol. The molecule has 0 aliphatic carbocycles. The number of nitrogens with one attached hydrogen (secondary N) is 1. The van der Waals surface area contributed by atoms with Gasteiger partial charge in [0.05, 0.1) is 0 Å². The molecule has 16 heavy (non-hydrogen) atoms. The van der Waals surface area contributed by atoms with Crippen LogP contribution in [0.15, 0.2) is 24.3 Å². The molecule has 0 fully saturated rings. The molecule has 0 bridgehead atoms. The smallest absolute Gasteiger partial charge is 0.326 e. The number of halogens is 1. The maximum atomic E-state index is 10.9. The fraction of sp³-hybridized carbons (Fsp3) is 0.273. The highest BCUT2D eigenvalue weighted by Gasteiger charge is 2.18. The van der Waals surface area contributed by atoms with Gasteiger partial charge in [-0.2, -0.15) is 0 Å². The van der Waals surface area contributed by atoms with Crippen LogP contribution in [-0.2, 0) is 16.0 Å². The van der Waals surface area contributed by atoms with Crippen LogP contribution in [0.25, 0.3) is 0 Å². The number of carboxylic acids is 1. The van der Waals surface area contributed by atoms with Crippen molar-refractivity contribution in [2.45, 2.75) is 19.4 Å². The first kappa shape index (κ1) is 13.0. The molecule has 1 aromatic rings. The van der Waals surface area contributed by atoms with Gasteiger partial charge in [-0.25, -0.2) is 4.79 Å². The van der Waals surface area contributed by atoms with E-state index >= 15 is 0 Å². The summed E-state index contributed by atoms with van der Waals surface area (Å²) >= 11 is 2.18. The lowest BCUT2D eigenvalue weighted by Gasteiger charge is -2.13. The van der Waals surface area contributed by atoms with Crippen LogP contribution in [-0.4, -0.2) is 23.0 Å². The van der Waals surface area contributed by atoms with Crippen LogP contribution in [0.3, 0.4) is 0 Å². The zero-order valence-electron chi connectivity index (χ0n) is 8.74. The van der Waals surface area contributed by atoms with E-state index in [0.29, 0.717) is 6.42 Å². The molecular weight excluding hydrogens is 321 g/mol. The van der Waals surface area contributed by atoms with Gasteiger partial charge in [0.2, 0.25) is 5.91 Å². The normalized spacial score (nSPS) is 11.9. The van der Waals surface area contributed by atoms with Crippen LogP contribution in [0, 0.1) is 3.57 Å². The molecule has 1 amide bonds. The van der Waals surface area contributed by atoms with E-state index in [-0.39, 0.29) is 5.91 Å².